The van der Waals surface area contributed by atoms with Crippen molar-refractivity contribution in [1.29, 1.82) is 0 Å². The number of ether oxygens (including phenoxy) is 3. The van der Waals surface area contributed by atoms with Crippen LogP contribution in [0.2, 0.25) is 0 Å². The van der Waals surface area contributed by atoms with E-state index in [0.717, 1.165) is 52.5 Å². The fraction of sp³-hybridized carbons (Fsp3) is 0.286. The Labute approximate surface area is 204 Å². The van der Waals surface area contributed by atoms with Gasteiger partial charge in [0.05, 0.1) is 20.1 Å². The van der Waals surface area contributed by atoms with E-state index in [1.165, 1.54) is 5.52 Å². The van der Waals surface area contributed by atoms with E-state index in [1.54, 1.807) is 13.2 Å². The quantitative estimate of drug-likeness (QED) is 0.308. The van der Waals surface area contributed by atoms with Crippen LogP contribution in [0.15, 0.2) is 60.7 Å². The van der Waals surface area contributed by atoms with Crippen LogP contribution in [0.5, 0.6) is 17.2 Å². The first kappa shape index (κ1) is 24.1. The normalized spacial score (nSPS) is 10.9. The average Bonchev–Trinajstić information content (AvgIpc) is 3.23. The summed E-state index contributed by atoms with van der Waals surface area (Å²) in [6, 6.07) is 19.9. The van der Waals surface area contributed by atoms with Crippen LogP contribution in [0, 0.1) is 0 Å². The maximum atomic E-state index is 10.8. The van der Waals surface area contributed by atoms with Gasteiger partial charge in [0.15, 0.2) is 17.6 Å². The lowest BCUT2D eigenvalue weighted by Crippen LogP contribution is -2.35. The van der Waals surface area contributed by atoms with E-state index in [2.05, 4.69) is 34.7 Å². The van der Waals surface area contributed by atoms with Crippen molar-refractivity contribution in [3.8, 4) is 17.2 Å². The van der Waals surface area contributed by atoms with Gasteiger partial charge in [0, 0.05) is 11.6 Å². The first-order valence-electron chi connectivity index (χ1n) is 11.8. The SMILES string of the molecule is CCc1cc(COc2ccc(Cc3[nH]c4ccccc4[n+]3CC)c(OC)c2)ccc1OCC(=O)O. The molecule has 7 nitrogen and oxygen atoms in total. The second-order valence-electron chi connectivity index (χ2n) is 8.25. The smallest absolute Gasteiger partial charge is 0.341 e. The number of para-hydroxylation sites is 2. The molecular weight excluding hydrogens is 444 g/mol. The van der Waals surface area contributed by atoms with Gasteiger partial charge in [-0.3, -0.25) is 0 Å². The molecule has 4 rings (SSSR count). The van der Waals surface area contributed by atoms with Crippen molar-refractivity contribution in [1.82, 2.24) is 4.98 Å². The number of carboxylic acids is 1. The predicted molar refractivity (Wildman–Crippen MR) is 133 cm³/mol. The van der Waals surface area contributed by atoms with E-state index in [4.69, 9.17) is 19.3 Å². The number of aromatic amines is 1. The van der Waals surface area contributed by atoms with E-state index in [1.807, 2.05) is 43.3 Å². The molecule has 0 aliphatic heterocycles. The molecule has 0 unspecified atom stereocenters. The Morgan fingerprint density at radius 2 is 1.80 bits per heavy atom. The molecule has 1 heterocycles. The van der Waals surface area contributed by atoms with Crippen molar-refractivity contribution in [3.63, 3.8) is 0 Å². The number of benzene rings is 3. The highest BCUT2D eigenvalue weighted by molar-refractivity contribution is 5.71. The van der Waals surface area contributed by atoms with Crippen LogP contribution in [0.1, 0.15) is 36.4 Å². The summed E-state index contributed by atoms with van der Waals surface area (Å²) in [6.07, 6.45) is 1.44. The summed E-state index contributed by atoms with van der Waals surface area (Å²) >= 11 is 0. The summed E-state index contributed by atoms with van der Waals surface area (Å²) in [5.41, 5.74) is 5.31. The zero-order chi connectivity index (χ0) is 24.8. The van der Waals surface area contributed by atoms with E-state index >= 15 is 0 Å². The molecule has 1 aromatic heterocycles. The maximum absolute atomic E-state index is 10.8. The highest BCUT2D eigenvalue weighted by Gasteiger charge is 2.19. The monoisotopic (exact) mass is 475 g/mol. The molecule has 2 N–H and O–H groups in total. The van der Waals surface area contributed by atoms with Gasteiger partial charge in [-0.25, -0.2) is 14.3 Å². The Morgan fingerprint density at radius 1 is 0.971 bits per heavy atom. The Kier molecular flexibility index (Phi) is 7.55. The van der Waals surface area contributed by atoms with Crippen molar-refractivity contribution in [2.75, 3.05) is 13.7 Å². The number of hydrogen-bond acceptors (Lipinski definition) is 4. The highest BCUT2D eigenvalue weighted by Crippen LogP contribution is 2.28. The zero-order valence-corrected chi connectivity index (χ0v) is 20.3. The first-order chi connectivity index (χ1) is 17.0. The summed E-state index contributed by atoms with van der Waals surface area (Å²) in [7, 11) is 1.67. The molecule has 0 bridgehead atoms. The molecule has 7 heteroatoms. The molecule has 0 saturated carbocycles. The number of aryl methyl sites for hydroxylation is 2. The number of rotatable bonds is 11. The number of carboxylic acid groups (broad SMARTS) is 1. The highest BCUT2D eigenvalue weighted by atomic mass is 16.5. The minimum Gasteiger partial charge on any atom is -0.496 e. The number of fused-ring (bicyclic) bond motifs is 1. The molecule has 35 heavy (non-hydrogen) atoms. The topological polar surface area (TPSA) is 84.7 Å². The van der Waals surface area contributed by atoms with Gasteiger partial charge in [0.1, 0.15) is 23.9 Å². The molecule has 0 fully saturated rings. The fourth-order valence-electron chi connectivity index (χ4n) is 4.27. The van der Waals surface area contributed by atoms with Gasteiger partial charge >= 0.3 is 5.97 Å². The molecule has 0 spiro atoms. The number of aromatic nitrogens is 2. The molecule has 4 aromatic rings. The summed E-state index contributed by atoms with van der Waals surface area (Å²) in [5.74, 6) is 2.21. The second-order valence-corrected chi connectivity index (χ2v) is 8.25. The predicted octanol–water partition coefficient (Wildman–Crippen LogP) is 4.68. The van der Waals surface area contributed by atoms with Crippen molar-refractivity contribution in [3.05, 3.63) is 83.2 Å². The summed E-state index contributed by atoms with van der Waals surface area (Å²) in [6.45, 7) is 5.06. The third kappa shape index (κ3) is 5.57. The molecule has 0 amide bonds. The molecule has 0 radical (unpaired) electrons. The molecule has 0 aliphatic rings. The van der Waals surface area contributed by atoms with Gasteiger partial charge in [0.25, 0.3) is 5.82 Å². The molecule has 3 aromatic carbocycles. The van der Waals surface area contributed by atoms with Crippen LogP contribution in [0.25, 0.3) is 11.0 Å². The number of nitrogens with zero attached hydrogens (tertiary/aromatic N) is 1. The van der Waals surface area contributed by atoms with Gasteiger partial charge in [-0.15, -0.1) is 0 Å². The number of carbonyl (C=O) groups is 1. The molecule has 0 aliphatic carbocycles. The lowest BCUT2D eigenvalue weighted by Gasteiger charge is -2.13. The van der Waals surface area contributed by atoms with Gasteiger partial charge in [0.2, 0.25) is 0 Å². The number of imidazole rings is 1. The molecule has 0 saturated heterocycles. The Hall–Kier alpha value is -4.00. The van der Waals surface area contributed by atoms with Gasteiger partial charge < -0.3 is 19.3 Å². The number of H-pyrrole nitrogens is 1. The van der Waals surface area contributed by atoms with Crippen LogP contribution in [-0.4, -0.2) is 29.8 Å². The van der Waals surface area contributed by atoms with Crippen LogP contribution in [0.4, 0.5) is 0 Å². The summed E-state index contributed by atoms with van der Waals surface area (Å²) in [5, 5.41) is 8.85. The van der Waals surface area contributed by atoms with E-state index < -0.39 is 5.97 Å². The molecular formula is C28H31N2O5+. The van der Waals surface area contributed by atoms with Crippen molar-refractivity contribution < 1.29 is 28.7 Å². The van der Waals surface area contributed by atoms with Crippen molar-refractivity contribution >= 4 is 17.0 Å². The van der Waals surface area contributed by atoms with E-state index in [0.29, 0.717) is 18.8 Å². The van der Waals surface area contributed by atoms with Crippen LogP contribution in [-0.2, 0) is 30.8 Å². The summed E-state index contributed by atoms with van der Waals surface area (Å²) in [4.78, 5) is 14.3. The summed E-state index contributed by atoms with van der Waals surface area (Å²) < 4.78 is 19.4. The lowest BCUT2D eigenvalue weighted by molar-refractivity contribution is -0.674. The second kappa shape index (κ2) is 11.0. The van der Waals surface area contributed by atoms with Crippen molar-refractivity contribution in [2.45, 2.75) is 39.8 Å². The number of hydrogen-bond donors (Lipinski definition) is 2. The molecule has 0 atom stereocenters. The van der Waals surface area contributed by atoms with Gasteiger partial charge in [-0.2, -0.15) is 0 Å². The van der Waals surface area contributed by atoms with Crippen LogP contribution < -0.4 is 18.8 Å². The standard InChI is InChI=1S/C28H30N2O5/c1-4-20-14-19(10-13-25(20)35-18-28(31)32)17-34-22-12-11-21(26(16-22)33-3)15-27-29-23-8-6-7-9-24(23)30(27)5-2/h6-14,16H,4-5,15,17-18H2,1-3H3,(H,31,32)/p+1. The number of methoxy groups -OCH3 is 1. The Bertz CT molecular complexity index is 1330. The largest absolute Gasteiger partial charge is 0.496 e. The minimum atomic E-state index is -0.995. The third-order valence-electron chi connectivity index (χ3n) is 5.99. The zero-order valence-electron chi connectivity index (χ0n) is 20.3. The van der Waals surface area contributed by atoms with E-state index in [9.17, 15) is 4.79 Å². The number of nitrogens with one attached hydrogen (secondary N) is 1. The Morgan fingerprint density at radius 3 is 2.54 bits per heavy atom. The Balaban J connectivity index is 1.48. The minimum absolute atomic E-state index is 0.355. The lowest BCUT2D eigenvalue weighted by atomic mass is 10.1. The van der Waals surface area contributed by atoms with Gasteiger partial charge in [-0.1, -0.05) is 31.2 Å². The van der Waals surface area contributed by atoms with E-state index in [-0.39, 0.29) is 6.61 Å². The van der Waals surface area contributed by atoms with Crippen LogP contribution in [0.3, 0.4) is 0 Å². The number of aliphatic carboxylic acids is 1. The first-order valence-corrected chi connectivity index (χ1v) is 11.8. The van der Waals surface area contributed by atoms with Gasteiger partial charge in [-0.05, 0) is 54.8 Å². The van der Waals surface area contributed by atoms with Crippen molar-refractivity contribution in [2.24, 2.45) is 0 Å². The fourth-order valence-corrected chi connectivity index (χ4v) is 4.27. The average molecular weight is 476 g/mol. The maximum Gasteiger partial charge on any atom is 0.341 e. The molecule has 182 valence electrons. The van der Waals surface area contributed by atoms with Crippen LogP contribution >= 0.6 is 0 Å². The third-order valence-corrected chi connectivity index (χ3v) is 5.99.